The number of nitriles is 1. The monoisotopic (exact) mass is 259 g/mol. The molecule has 0 saturated carbocycles. The summed E-state index contributed by atoms with van der Waals surface area (Å²) in [6.45, 7) is 2.11. The molecule has 0 aliphatic heterocycles. The molecule has 1 unspecified atom stereocenters. The Morgan fingerprint density at radius 2 is 2.27 bits per heavy atom. The van der Waals surface area contributed by atoms with E-state index in [0.717, 1.165) is 11.3 Å². The molecule has 15 heavy (non-hydrogen) atoms. The summed E-state index contributed by atoms with van der Waals surface area (Å²) in [4.78, 5) is 1.01. The summed E-state index contributed by atoms with van der Waals surface area (Å²) in [7, 11) is 0. The Labute approximate surface area is 104 Å². The number of nitrogens with zero attached hydrogens (tertiary/aromatic N) is 1. The molecule has 0 bridgehead atoms. The maximum atomic E-state index is 8.69. The van der Waals surface area contributed by atoms with Crippen molar-refractivity contribution in [3.63, 3.8) is 0 Å². The average Bonchev–Trinajstić information content (AvgIpc) is 2.21. The molecule has 1 rings (SSSR count). The Bertz CT molecular complexity index is 373. The van der Waals surface area contributed by atoms with Crippen LogP contribution in [0.5, 0.6) is 0 Å². The van der Waals surface area contributed by atoms with Gasteiger partial charge in [-0.15, -0.1) is 23.4 Å². The van der Waals surface area contributed by atoms with Crippen molar-refractivity contribution in [1.82, 2.24) is 0 Å². The first-order valence-electron chi connectivity index (χ1n) is 4.59. The second-order valence-electron chi connectivity index (χ2n) is 3.16. The van der Waals surface area contributed by atoms with Gasteiger partial charge < -0.3 is 0 Å². The van der Waals surface area contributed by atoms with Crippen LogP contribution >= 0.6 is 35.0 Å². The molecule has 0 aliphatic rings. The van der Waals surface area contributed by atoms with E-state index in [1.54, 1.807) is 23.9 Å². The topological polar surface area (TPSA) is 23.8 Å². The number of halogens is 2. The zero-order valence-corrected chi connectivity index (χ0v) is 10.7. The standard InChI is InChI=1S/C11H11Cl2NS/c1-8(4-5-12)15-11-3-2-9(7-14)6-10(11)13/h2-3,6,8H,4-5H2,1H3. The minimum Gasteiger partial charge on any atom is -0.192 e. The van der Waals surface area contributed by atoms with Crippen LogP contribution in [0.25, 0.3) is 0 Å². The number of hydrogen-bond donors (Lipinski definition) is 0. The summed E-state index contributed by atoms with van der Waals surface area (Å²) in [6.07, 6.45) is 0.947. The third kappa shape index (κ3) is 3.95. The van der Waals surface area contributed by atoms with Crippen LogP contribution < -0.4 is 0 Å². The minimum absolute atomic E-state index is 0.438. The predicted molar refractivity (Wildman–Crippen MR) is 66.8 cm³/mol. The highest BCUT2D eigenvalue weighted by Crippen LogP contribution is 2.32. The molecule has 0 aromatic heterocycles. The van der Waals surface area contributed by atoms with Crippen LogP contribution in [-0.2, 0) is 0 Å². The number of hydrogen-bond acceptors (Lipinski definition) is 2. The fraction of sp³-hybridized carbons (Fsp3) is 0.364. The smallest absolute Gasteiger partial charge is 0.0992 e. The Kier molecular flexibility index (Phi) is 5.31. The molecule has 1 nitrogen and oxygen atoms in total. The fourth-order valence-corrected chi connectivity index (χ4v) is 2.85. The first-order valence-corrected chi connectivity index (χ1v) is 6.39. The molecular weight excluding hydrogens is 249 g/mol. The Balaban J connectivity index is 2.74. The lowest BCUT2D eigenvalue weighted by molar-refractivity contribution is 0.912. The summed E-state index contributed by atoms with van der Waals surface area (Å²) in [6, 6.07) is 7.42. The van der Waals surface area contributed by atoms with Gasteiger partial charge in [0.25, 0.3) is 0 Å². The first-order chi connectivity index (χ1) is 7.17. The van der Waals surface area contributed by atoms with Crippen molar-refractivity contribution in [3.05, 3.63) is 28.8 Å². The molecule has 80 valence electrons. The van der Waals surface area contributed by atoms with Crippen LogP contribution in [0.2, 0.25) is 5.02 Å². The second kappa shape index (κ2) is 6.27. The molecule has 0 saturated heterocycles. The third-order valence-electron chi connectivity index (χ3n) is 1.90. The van der Waals surface area contributed by atoms with Gasteiger partial charge in [0.05, 0.1) is 16.7 Å². The molecule has 0 amide bonds. The molecular formula is C11H11Cl2NS. The highest BCUT2D eigenvalue weighted by Gasteiger charge is 2.07. The zero-order chi connectivity index (χ0) is 11.3. The molecule has 1 atom stereocenters. The molecule has 1 aromatic carbocycles. The summed E-state index contributed by atoms with van der Waals surface area (Å²) in [5, 5.41) is 9.76. The molecule has 0 aliphatic carbocycles. The lowest BCUT2D eigenvalue weighted by atomic mass is 10.2. The van der Waals surface area contributed by atoms with E-state index in [9.17, 15) is 0 Å². The summed E-state index contributed by atoms with van der Waals surface area (Å²) < 4.78 is 0. The van der Waals surface area contributed by atoms with Gasteiger partial charge in [-0.2, -0.15) is 5.26 Å². The van der Waals surface area contributed by atoms with Crippen molar-refractivity contribution < 1.29 is 0 Å². The summed E-state index contributed by atoms with van der Waals surface area (Å²) >= 11 is 13.4. The fourth-order valence-electron chi connectivity index (χ4n) is 1.10. The third-order valence-corrected chi connectivity index (χ3v) is 3.80. The Morgan fingerprint density at radius 3 is 2.80 bits per heavy atom. The van der Waals surface area contributed by atoms with Gasteiger partial charge in [0.1, 0.15) is 0 Å². The van der Waals surface area contributed by atoms with Crippen molar-refractivity contribution in [1.29, 1.82) is 5.26 Å². The van der Waals surface area contributed by atoms with E-state index in [2.05, 4.69) is 13.0 Å². The van der Waals surface area contributed by atoms with Gasteiger partial charge in [-0.1, -0.05) is 18.5 Å². The largest absolute Gasteiger partial charge is 0.192 e. The maximum Gasteiger partial charge on any atom is 0.0992 e. The van der Waals surface area contributed by atoms with Gasteiger partial charge in [-0.25, -0.2) is 0 Å². The van der Waals surface area contributed by atoms with Crippen LogP contribution in [0.3, 0.4) is 0 Å². The van der Waals surface area contributed by atoms with Crippen molar-refractivity contribution in [3.8, 4) is 6.07 Å². The number of benzene rings is 1. The molecule has 4 heteroatoms. The van der Waals surface area contributed by atoms with E-state index < -0.39 is 0 Å². The van der Waals surface area contributed by atoms with Crippen LogP contribution in [-0.4, -0.2) is 11.1 Å². The van der Waals surface area contributed by atoms with Gasteiger partial charge in [0, 0.05) is 16.0 Å². The van der Waals surface area contributed by atoms with E-state index in [1.807, 2.05) is 6.07 Å². The second-order valence-corrected chi connectivity index (χ2v) is 5.43. The van der Waals surface area contributed by atoms with Crippen LogP contribution in [0.1, 0.15) is 18.9 Å². The van der Waals surface area contributed by atoms with Crippen LogP contribution in [0.15, 0.2) is 23.1 Å². The maximum absolute atomic E-state index is 8.69. The van der Waals surface area contributed by atoms with Gasteiger partial charge in [-0.3, -0.25) is 0 Å². The van der Waals surface area contributed by atoms with E-state index in [0.29, 0.717) is 21.7 Å². The van der Waals surface area contributed by atoms with Crippen molar-refractivity contribution >= 4 is 35.0 Å². The van der Waals surface area contributed by atoms with E-state index in [4.69, 9.17) is 28.5 Å². The van der Waals surface area contributed by atoms with Gasteiger partial charge in [0.15, 0.2) is 0 Å². The molecule has 0 N–H and O–H groups in total. The molecule has 0 fully saturated rings. The Morgan fingerprint density at radius 1 is 1.53 bits per heavy atom. The van der Waals surface area contributed by atoms with Gasteiger partial charge in [-0.05, 0) is 24.6 Å². The lowest BCUT2D eigenvalue weighted by Crippen LogP contribution is -1.96. The zero-order valence-electron chi connectivity index (χ0n) is 8.34. The van der Waals surface area contributed by atoms with Crippen LogP contribution in [0, 0.1) is 11.3 Å². The molecule has 0 heterocycles. The number of rotatable bonds is 4. The van der Waals surface area contributed by atoms with Crippen molar-refractivity contribution in [2.45, 2.75) is 23.5 Å². The molecule has 0 radical (unpaired) electrons. The van der Waals surface area contributed by atoms with E-state index >= 15 is 0 Å². The lowest BCUT2D eigenvalue weighted by Gasteiger charge is -2.10. The molecule has 0 spiro atoms. The summed E-state index contributed by atoms with van der Waals surface area (Å²) in [5.41, 5.74) is 0.592. The Hall–Kier alpha value is -0.360. The van der Waals surface area contributed by atoms with E-state index in [-0.39, 0.29) is 0 Å². The molecule has 1 aromatic rings. The quantitative estimate of drug-likeness (QED) is 0.594. The van der Waals surface area contributed by atoms with Gasteiger partial charge >= 0.3 is 0 Å². The van der Waals surface area contributed by atoms with Gasteiger partial charge in [0.2, 0.25) is 0 Å². The SMILES string of the molecule is CC(CCCl)Sc1ccc(C#N)cc1Cl. The average molecular weight is 260 g/mol. The van der Waals surface area contributed by atoms with Crippen molar-refractivity contribution in [2.75, 3.05) is 5.88 Å². The first kappa shape index (κ1) is 12.7. The van der Waals surface area contributed by atoms with E-state index in [1.165, 1.54) is 0 Å². The number of alkyl halides is 1. The normalized spacial score (nSPS) is 12.1. The predicted octanol–water partition coefficient (Wildman–Crippen LogP) is 4.32. The number of thioether (sulfide) groups is 1. The highest BCUT2D eigenvalue weighted by atomic mass is 35.5. The van der Waals surface area contributed by atoms with Crippen LogP contribution in [0.4, 0.5) is 0 Å². The highest BCUT2D eigenvalue weighted by molar-refractivity contribution is 8.00. The summed E-state index contributed by atoms with van der Waals surface area (Å²) in [5.74, 6) is 0.655. The minimum atomic E-state index is 0.438. The van der Waals surface area contributed by atoms with Crippen molar-refractivity contribution in [2.24, 2.45) is 0 Å².